The van der Waals surface area contributed by atoms with Gasteiger partial charge in [0.05, 0.1) is 23.1 Å². The zero-order chi connectivity index (χ0) is 14.1. The quantitative estimate of drug-likeness (QED) is 0.858. The summed E-state index contributed by atoms with van der Waals surface area (Å²) < 4.78 is 2.03. The number of hydrogen-bond donors (Lipinski definition) is 0. The molecule has 1 aliphatic rings. The van der Waals surface area contributed by atoms with E-state index in [9.17, 15) is 0 Å². The normalized spacial score (nSPS) is 19.9. The summed E-state index contributed by atoms with van der Waals surface area (Å²) >= 11 is 0. The Labute approximate surface area is 120 Å². The van der Waals surface area contributed by atoms with Crippen molar-refractivity contribution < 1.29 is 0 Å². The van der Waals surface area contributed by atoms with Gasteiger partial charge < -0.3 is 0 Å². The van der Waals surface area contributed by atoms with Gasteiger partial charge in [-0.05, 0) is 58.5 Å². The predicted octanol–water partition coefficient (Wildman–Crippen LogP) is 3.29. The minimum atomic E-state index is 0.347. The molecule has 0 amide bonds. The summed E-state index contributed by atoms with van der Waals surface area (Å²) in [5, 5.41) is 4.40. The van der Waals surface area contributed by atoms with Crippen molar-refractivity contribution in [1.29, 1.82) is 0 Å². The van der Waals surface area contributed by atoms with Crippen LogP contribution in [0.25, 0.3) is 11.4 Å². The number of likely N-dealkylation sites (tertiary alicyclic amines) is 1. The van der Waals surface area contributed by atoms with E-state index in [1.54, 1.807) is 0 Å². The van der Waals surface area contributed by atoms with E-state index in [1.807, 2.05) is 16.9 Å². The lowest BCUT2D eigenvalue weighted by atomic mass is 10.1. The Kier molecular flexibility index (Phi) is 3.57. The molecule has 3 heterocycles. The molecule has 1 aliphatic heterocycles. The van der Waals surface area contributed by atoms with Gasteiger partial charge >= 0.3 is 0 Å². The first-order valence-electron chi connectivity index (χ1n) is 7.38. The van der Waals surface area contributed by atoms with Crippen LogP contribution in [-0.4, -0.2) is 33.3 Å². The molecule has 1 fully saturated rings. The Balaban J connectivity index is 1.97. The zero-order valence-electron chi connectivity index (χ0n) is 12.5. The highest BCUT2D eigenvalue weighted by Gasteiger charge is 2.24. The van der Waals surface area contributed by atoms with Crippen molar-refractivity contribution in [1.82, 2.24) is 19.7 Å². The van der Waals surface area contributed by atoms with Gasteiger partial charge in [-0.15, -0.1) is 0 Å². The summed E-state index contributed by atoms with van der Waals surface area (Å²) in [4.78, 5) is 7.28. The van der Waals surface area contributed by atoms with Crippen molar-refractivity contribution in [2.45, 2.75) is 38.8 Å². The predicted molar refractivity (Wildman–Crippen MR) is 80.4 cm³/mol. The zero-order valence-corrected chi connectivity index (χ0v) is 12.5. The molecule has 4 heteroatoms. The minimum absolute atomic E-state index is 0.347. The van der Waals surface area contributed by atoms with Crippen molar-refractivity contribution in [3.8, 4) is 11.4 Å². The molecule has 20 heavy (non-hydrogen) atoms. The first-order chi connectivity index (χ1) is 9.66. The van der Waals surface area contributed by atoms with Gasteiger partial charge in [-0.3, -0.25) is 9.58 Å². The highest BCUT2D eigenvalue weighted by atomic mass is 15.3. The number of pyridine rings is 1. The van der Waals surface area contributed by atoms with Crippen molar-refractivity contribution in [2.75, 3.05) is 13.6 Å². The Morgan fingerprint density at radius 2 is 2.10 bits per heavy atom. The third-order valence-electron chi connectivity index (χ3n) is 4.05. The summed E-state index contributed by atoms with van der Waals surface area (Å²) in [5.41, 5.74) is 3.30. The van der Waals surface area contributed by atoms with E-state index in [1.165, 1.54) is 25.1 Å². The second-order valence-electron chi connectivity index (χ2n) is 5.84. The lowest BCUT2D eigenvalue weighted by Crippen LogP contribution is -2.18. The van der Waals surface area contributed by atoms with Crippen LogP contribution in [0.5, 0.6) is 0 Å². The second kappa shape index (κ2) is 5.37. The molecule has 0 unspecified atom stereocenters. The van der Waals surface area contributed by atoms with Crippen LogP contribution in [0.2, 0.25) is 0 Å². The van der Waals surface area contributed by atoms with Gasteiger partial charge in [0.1, 0.15) is 0 Å². The van der Waals surface area contributed by atoms with Crippen LogP contribution in [0.3, 0.4) is 0 Å². The second-order valence-corrected chi connectivity index (χ2v) is 5.84. The maximum Gasteiger partial charge on any atom is 0.0887 e. The van der Waals surface area contributed by atoms with Gasteiger partial charge in [0.25, 0.3) is 0 Å². The summed E-state index contributed by atoms with van der Waals surface area (Å²) in [6.45, 7) is 5.46. The Morgan fingerprint density at radius 3 is 2.80 bits per heavy atom. The van der Waals surface area contributed by atoms with Crippen LogP contribution in [-0.2, 0) is 0 Å². The van der Waals surface area contributed by atoms with Gasteiger partial charge in [0.2, 0.25) is 0 Å². The maximum atomic E-state index is 4.89. The molecule has 2 aromatic heterocycles. The van der Waals surface area contributed by atoms with Crippen LogP contribution >= 0.6 is 0 Å². The topological polar surface area (TPSA) is 34.0 Å². The molecule has 0 radical (unpaired) electrons. The van der Waals surface area contributed by atoms with Crippen LogP contribution < -0.4 is 0 Å². The van der Waals surface area contributed by atoms with Crippen LogP contribution in [0.1, 0.15) is 44.5 Å². The molecule has 1 atom stereocenters. The summed E-state index contributed by atoms with van der Waals surface area (Å²) in [6.07, 6.45) is 4.32. The first kappa shape index (κ1) is 13.3. The van der Waals surface area contributed by atoms with Gasteiger partial charge in [-0.25, -0.2) is 4.98 Å². The molecule has 0 spiro atoms. The van der Waals surface area contributed by atoms with E-state index in [0.717, 1.165) is 11.4 Å². The van der Waals surface area contributed by atoms with Gasteiger partial charge in [0, 0.05) is 12.2 Å². The monoisotopic (exact) mass is 270 g/mol. The molecule has 0 aromatic carbocycles. The van der Waals surface area contributed by atoms with Crippen molar-refractivity contribution in [3.05, 3.63) is 36.2 Å². The smallest absolute Gasteiger partial charge is 0.0887 e. The third-order valence-corrected chi connectivity index (χ3v) is 4.05. The van der Waals surface area contributed by atoms with Crippen LogP contribution in [0, 0.1) is 0 Å². The number of aromatic nitrogens is 3. The molecule has 1 saturated heterocycles. The highest BCUT2D eigenvalue weighted by molar-refractivity contribution is 5.54. The molecular weight excluding hydrogens is 248 g/mol. The maximum absolute atomic E-state index is 4.89. The van der Waals surface area contributed by atoms with Crippen LogP contribution in [0.15, 0.2) is 30.5 Å². The van der Waals surface area contributed by atoms with E-state index in [4.69, 9.17) is 4.98 Å². The van der Waals surface area contributed by atoms with E-state index in [2.05, 4.69) is 49.1 Å². The third kappa shape index (κ3) is 2.36. The molecule has 0 N–H and O–H groups in total. The lowest BCUT2D eigenvalue weighted by Gasteiger charge is -2.19. The van der Waals surface area contributed by atoms with E-state index >= 15 is 0 Å². The molecule has 2 aromatic rings. The Bertz CT molecular complexity index is 588. The molecular formula is C16H22N4. The first-order valence-corrected chi connectivity index (χ1v) is 7.38. The molecule has 4 nitrogen and oxygen atoms in total. The minimum Gasteiger partial charge on any atom is -0.298 e. The van der Waals surface area contributed by atoms with Crippen molar-refractivity contribution >= 4 is 0 Å². The summed E-state index contributed by atoms with van der Waals surface area (Å²) in [7, 11) is 2.18. The summed E-state index contributed by atoms with van der Waals surface area (Å²) in [5.74, 6) is 0. The Hall–Kier alpha value is -1.68. The molecule has 0 aliphatic carbocycles. The SMILES string of the molecule is CC(C)n1nccc1-c1cccc([C@@H]2CCCN2C)n1. The fourth-order valence-corrected chi connectivity index (χ4v) is 2.99. The standard InChI is InChI=1S/C16H22N4/c1-12(2)20-16(9-10-17-20)14-7-4-6-13(18-14)15-8-5-11-19(15)3/h4,6-7,9-10,12,15H,5,8,11H2,1-3H3/t15-/m0/s1. The number of rotatable bonds is 3. The fraction of sp³-hybridized carbons (Fsp3) is 0.500. The van der Waals surface area contributed by atoms with Gasteiger partial charge in [-0.2, -0.15) is 5.10 Å². The van der Waals surface area contributed by atoms with E-state index in [-0.39, 0.29) is 0 Å². The molecule has 0 bridgehead atoms. The molecule has 0 saturated carbocycles. The largest absolute Gasteiger partial charge is 0.298 e. The van der Waals surface area contributed by atoms with Crippen molar-refractivity contribution in [2.24, 2.45) is 0 Å². The average molecular weight is 270 g/mol. The van der Waals surface area contributed by atoms with Crippen LogP contribution in [0.4, 0.5) is 0 Å². The molecule has 3 rings (SSSR count). The summed E-state index contributed by atoms with van der Waals surface area (Å²) in [6, 6.07) is 9.19. The van der Waals surface area contributed by atoms with Gasteiger partial charge in [-0.1, -0.05) is 6.07 Å². The van der Waals surface area contributed by atoms with E-state index < -0.39 is 0 Å². The average Bonchev–Trinajstić information content (AvgIpc) is 3.07. The Morgan fingerprint density at radius 1 is 1.25 bits per heavy atom. The highest BCUT2D eigenvalue weighted by Crippen LogP contribution is 2.30. The molecule has 106 valence electrons. The van der Waals surface area contributed by atoms with Crippen molar-refractivity contribution in [3.63, 3.8) is 0 Å². The number of nitrogens with zero attached hydrogens (tertiary/aromatic N) is 4. The van der Waals surface area contributed by atoms with E-state index in [0.29, 0.717) is 12.1 Å². The van der Waals surface area contributed by atoms with Gasteiger partial charge in [0.15, 0.2) is 0 Å². The lowest BCUT2D eigenvalue weighted by molar-refractivity contribution is 0.312. The number of hydrogen-bond acceptors (Lipinski definition) is 3. The fourth-order valence-electron chi connectivity index (χ4n) is 2.99.